The molecule has 0 aromatic heterocycles. The fourth-order valence-corrected chi connectivity index (χ4v) is 2.30. The molecule has 21 heavy (non-hydrogen) atoms. The molecule has 0 aromatic carbocycles. The van der Waals surface area contributed by atoms with Crippen LogP contribution < -0.4 is 0 Å². The summed E-state index contributed by atoms with van der Waals surface area (Å²) in [4.78, 5) is 10.5. The lowest BCUT2D eigenvalue weighted by molar-refractivity contribution is -0.319. The summed E-state index contributed by atoms with van der Waals surface area (Å²) in [7, 11) is 1.33. The van der Waals surface area contributed by atoms with Crippen LogP contribution >= 0.6 is 0 Å². The van der Waals surface area contributed by atoms with Crippen LogP contribution in [0.2, 0.25) is 0 Å². The summed E-state index contributed by atoms with van der Waals surface area (Å²) in [6.45, 7) is 2.97. The molecule has 3 unspecified atom stereocenters. The molecular weight excluding hydrogens is 284 g/mol. The van der Waals surface area contributed by atoms with Crippen LogP contribution in [0.1, 0.15) is 20.3 Å². The van der Waals surface area contributed by atoms with Crippen LogP contribution in [0.15, 0.2) is 0 Å². The van der Waals surface area contributed by atoms with Crippen molar-refractivity contribution < 1.29 is 39.4 Å². The van der Waals surface area contributed by atoms with Crippen LogP contribution in [-0.4, -0.2) is 82.8 Å². The number of hydrogen-bond acceptors (Lipinski definition) is 8. The highest BCUT2D eigenvalue weighted by Gasteiger charge is 2.45. The second-order valence-electron chi connectivity index (χ2n) is 5.20. The average Bonchev–Trinajstić information content (AvgIpc) is 2.41. The fourth-order valence-electron chi connectivity index (χ4n) is 2.30. The third-order valence-electron chi connectivity index (χ3n) is 3.54. The number of aliphatic hydroxyl groups is 4. The molecule has 1 aliphatic rings. The van der Waals surface area contributed by atoms with E-state index in [1.165, 1.54) is 14.0 Å². The molecule has 0 saturated carbocycles. The topological polar surface area (TPSA) is 126 Å². The number of rotatable bonds is 7. The fraction of sp³-hybridized carbons (Fsp3) is 0.923. The zero-order chi connectivity index (χ0) is 16.2. The zero-order valence-corrected chi connectivity index (χ0v) is 12.3. The van der Waals surface area contributed by atoms with Crippen molar-refractivity contribution in [2.45, 2.75) is 69.3 Å². The Kier molecular flexibility index (Phi) is 7.14. The third kappa shape index (κ3) is 4.43. The molecule has 0 radical (unpaired) electrons. The van der Waals surface area contributed by atoms with Crippen LogP contribution in [-0.2, 0) is 19.0 Å². The Morgan fingerprint density at radius 2 is 1.90 bits per heavy atom. The summed E-state index contributed by atoms with van der Waals surface area (Å²) < 4.78 is 15.8. The Bertz CT molecular complexity index is 323. The maximum absolute atomic E-state index is 10.5. The molecule has 0 spiro atoms. The van der Waals surface area contributed by atoms with Crippen LogP contribution in [0.25, 0.3) is 0 Å². The second-order valence-corrected chi connectivity index (χ2v) is 5.20. The van der Waals surface area contributed by atoms with Gasteiger partial charge >= 0.3 is 0 Å². The van der Waals surface area contributed by atoms with Gasteiger partial charge in [0.25, 0.3) is 0 Å². The lowest BCUT2D eigenvalue weighted by Crippen LogP contribution is -2.59. The van der Waals surface area contributed by atoms with Gasteiger partial charge < -0.3 is 39.4 Å². The predicted octanol–water partition coefficient (Wildman–Crippen LogP) is -1.82. The summed E-state index contributed by atoms with van der Waals surface area (Å²) in [6.07, 6.45) is -8.27. The van der Waals surface area contributed by atoms with E-state index in [1.807, 2.05) is 0 Å². The molecule has 0 amide bonds. The summed E-state index contributed by atoms with van der Waals surface area (Å²) in [5.74, 6) is 0. The van der Waals surface area contributed by atoms with Gasteiger partial charge in [0.1, 0.15) is 30.7 Å². The molecule has 1 rings (SSSR count). The van der Waals surface area contributed by atoms with Crippen LogP contribution in [0, 0.1) is 0 Å². The highest BCUT2D eigenvalue weighted by Crippen LogP contribution is 2.26. The molecule has 124 valence electrons. The molecule has 8 heteroatoms. The molecule has 1 saturated heterocycles. The van der Waals surface area contributed by atoms with Crippen molar-refractivity contribution >= 4 is 6.29 Å². The first-order chi connectivity index (χ1) is 9.83. The average molecular weight is 308 g/mol. The van der Waals surface area contributed by atoms with Crippen molar-refractivity contribution in [3.63, 3.8) is 0 Å². The SMILES string of the molecule is CO[C@@H]1[C@@H](O)[C@H](OC(C(C)O)C(O)CC=O)O[C@H](C)[C@H]1O. The molecule has 1 heterocycles. The quantitative estimate of drug-likeness (QED) is 0.405. The lowest BCUT2D eigenvalue weighted by atomic mass is 9.99. The minimum atomic E-state index is -1.30. The highest BCUT2D eigenvalue weighted by molar-refractivity contribution is 5.50. The first-order valence-corrected chi connectivity index (χ1v) is 6.83. The minimum Gasteiger partial charge on any atom is -0.391 e. The number of hydrogen-bond donors (Lipinski definition) is 4. The van der Waals surface area contributed by atoms with E-state index in [0.29, 0.717) is 6.29 Å². The van der Waals surface area contributed by atoms with Gasteiger partial charge in [-0.15, -0.1) is 0 Å². The van der Waals surface area contributed by atoms with Crippen molar-refractivity contribution in [1.82, 2.24) is 0 Å². The first kappa shape index (κ1) is 18.4. The number of aldehydes is 1. The Hall–Kier alpha value is -0.610. The molecule has 1 aliphatic heterocycles. The minimum absolute atomic E-state index is 0.218. The van der Waals surface area contributed by atoms with E-state index in [4.69, 9.17) is 14.2 Å². The van der Waals surface area contributed by atoms with E-state index < -0.39 is 49.0 Å². The molecule has 0 aliphatic carbocycles. The van der Waals surface area contributed by atoms with Crippen molar-refractivity contribution in [2.75, 3.05) is 7.11 Å². The van der Waals surface area contributed by atoms with Gasteiger partial charge in [0.2, 0.25) is 0 Å². The van der Waals surface area contributed by atoms with Crippen molar-refractivity contribution in [3.8, 4) is 0 Å². The normalized spacial score (nSPS) is 37.8. The Morgan fingerprint density at radius 1 is 1.29 bits per heavy atom. The van der Waals surface area contributed by atoms with E-state index >= 15 is 0 Å². The van der Waals surface area contributed by atoms with Crippen molar-refractivity contribution in [1.29, 1.82) is 0 Å². The highest BCUT2D eigenvalue weighted by atomic mass is 16.7. The molecule has 8 atom stereocenters. The van der Waals surface area contributed by atoms with Crippen LogP contribution in [0.4, 0.5) is 0 Å². The number of carbonyl (C=O) groups is 1. The van der Waals surface area contributed by atoms with E-state index in [-0.39, 0.29) is 6.42 Å². The van der Waals surface area contributed by atoms with E-state index in [2.05, 4.69) is 0 Å². The molecule has 0 bridgehead atoms. The van der Waals surface area contributed by atoms with Gasteiger partial charge in [-0.3, -0.25) is 0 Å². The maximum atomic E-state index is 10.5. The van der Waals surface area contributed by atoms with Gasteiger partial charge in [-0.1, -0.05) is 0 Å². The summed E-state index contributed by atoms with van der Waals surface area (Å²) in [5.41, 5.74) is 0. The second kappa shape index (κ2) is 8.14. The summed E-state index contributed by atoms with van der Waals surface area (Å²) in [5, 5.41) is 39.4. The van der Waals surface area contributed by atoms with E-state index in [0.717, 1.165) is 0 Å². The van der Waals surface area contributed by atoms with E-state index in [1.54, 1.807) is 6.92 Å². The smallest absolute Gasteiger partial charge is 0.187 e. The zero-order valence-electron chi connectivity index (χ0n) is 12.3. The van der Waals surface area contributed by atoms with Gasteiger partial charge in [-0.05, 0) is 13.8 Å². The molecule has 1 fully saturated rings. The lowest BCUT2D eigenvalue weighted by Gasteiger charge is -2.42. The Balaban J connectivity index is 2.80. The molecular formula is C13H24O8. The molecule has 4 N–H and O–H groups in total. The van der Waals surface area contributed by atoms with Gasteiger partial charge in [-0.2, -0.15) is 0 Å². The van der Waals surface area contributed by atoms with Crippen molar-refractivity contribution in [3.05, 3.63) is 0 Å². The summed E-state index contributed by atoms with van der Waals surface area (Å²) >= 11 is 0. The number of ether oxygens (including phenoxy) is 3. The predicted molar refractivity (Wildman–Crippen MR) is 70.4 cm³/mol. The van der Waals surface area contributed by atoms with Gasteiger partial charge in [0.05, 0.1) is 18.3 Å². The van der Waals surface area contributed by atoms with Crippen molar-refractivity contribution in [2.24, 2.45) is 0 Å². The molecule has 0 aromatic rings. The number of aliphatic hydroxyl groups excluding tert-OH is 4. The van der Waals surface area contributed by atoms with Gasteiger partial charge in [0.15, 0.2) is 6.29 Å². The Morgan fingerprint density at radius 3 is 2.38 bits per heavy atom. The monoisotopic (exact) mass is 308 g/mol. The Labute approximate surface area is 123 Å². The summed E-state index contributed by atoms with van der Waals surface area (Å²) in [6, 6.07) is 0. The number of carbonyl (C=O) groups excluding carboxylic acids is 1. The van der Waals surface area contributed by atoms with E-state index in [9.17, 15) is 25.2 Å². The molecule has 8 nitrogen and oxygen atoms in total. The standard InChI is InChI=1S/C13H24O8/c1-6(15)11(8(16)4-5-14)21-13-10(18)12(19-3)9(17)7(2)20-13/h5-13,15-18H,4H2,1-3H3/t6?,7-,8?,9-,10-,11?,12+,13+/m1/s1. The van der Waals surface area contributed by atoms with Crippen LogP contribution in [0.3, 0.4) is 0 Å². The third-order valence-corrected chi connectivity index (χ3v) is 3.54. The maximum Gasteiger partial charge on any atom is 0.187 e. The van der Waals surface area contributed by atoms with Gasteiger partial charge in [0, 0.05) is 13.5 Å². The first-order valence-electron chi connectivity index (χ1n) is 6.83. The largest absolute Gasteiger partial charge is 0.391 e. The number of methoxy groups -OCH3 is 1. The van der Waals surface area contributed by atoms with Crippen LogP contribution in [0.5, 0.6) is 0 Å². The van der Waals surface area contributed by atoms with Gasteiger partial charge in [-0.25, -0.2) is 0 Å².